The van der Waals surface area contributed by atoms with E-state index >= 15 is 0 Å². The van der Waals surface area contributed by atoms with E-state index in [9.17, 15) is 4.79 Å². The zero-order valence-electron chi connectivity index (χ0n) is 8.24. The molecule has 0 amide bonds. The second-order valence-corrected chi connectivity index (χ2v) is 2.70. The van der Waals surface area contributed by atoms with Crippen LogP contribution in [0.25, 0.3) is 0 Å². The van der Waals surface area contributed by atoms with E-state index in [0.717, 1.165) is 0 Å². The maximum absolute atomic E-state index is 10.8. The van der Waals surface area contributed by atoms with Gasteiger partial charge in [-0.1, -0.05) is 6.58 Å². The molecule has 10 radical (unpaired) electrons. The monoisotopic (exact) mass is 240 g/mol. The first kappa shape index (κ1) is 14.9. The average Bonchev–Trinajstić information content (AvgIpc) is 2.91. The van der Waals surface area contributed by atoms with Crippen LogP contribution >= 0.6 is 0 Å². The number of allylic oxidation sites excluding steroid dienone is 1. The van der Waals surface area contributed by atoms with Crippen LogP contribution in [0.2, 0.25) is 0 Å². The second kappa shape index (κ2) is 9.18. The largest absolute Gasteiger partial charge is 2.00 e. The summed E-state index contributed by atoms with van der Waals surface area (Å²) >= 11 is 0. The Bertz CT molecular complexity index is 171. The van der Waals surface area contributed by atoms with Gasteiger partial charge in [0.2, 0.25) is 0 Å². The standard InChI is InChI=1S/C8H7O.C5H5.Fe/c1-2-8(9)7-5-3-4-6-7;1-2-4-5-3-1;/h2-6H,1H2;1-5H;/q;;+2. The van der Waals surface area contributed by atoms with Gasteiger partial charge in [0.1, 0.15) is 0 Å². The molecule has 0 aliphatic heterocycles. The molecule has 0 atom stereocenters. The number of rotatable bonds is 2. The Morgan fingerprint density at radius 3 is 1.67 bits per heavy atom. The summed E-state index contributed by atoms with van der Waals surface area (Å²) in [7, 11) is 0. The van der Waals surface area contributed by atoms with Crippen molar-refractivity contribution in [3.05, 3.63) is 76.4 Å². The third-order valence-corrected chi connectivity index (χ3v) is 1.69. The van der Waals surface area contributed by atoms with Gasteiger partial charge in [-0.25, -0.2) is 0 Å². The summed E-state index contributed by atoms with van der Waals surface area (Å²) in [5.41, 5.74) is 0. The van der Waals surface area contributed by atoms with Gasteiger partial charge in [0.25, 0.3) is 0 Å². The van der Waals surface area contributed by atoms with Crippen molar-refractivity contribution >= 4 is 5.78 Å². The molecule has 0 aromatic rings. The number of hydrogen-bond donors (Lipinski definition) is 0. The molecule has 0 heterocycles. The molecular weight excluding hydrogens is 228 g/mol. The summed E-state index contributed by atoms with van der Waals surface area (Å²) in [6.07, 6.45) is 18.5. The van der Waals surface area contributed by atoms with Crippen LogP contribution in [0.15, 0.2) is 12.7 Å². The molecule has 0 unspecified atom stereocenters. The maximum atomic E-state index is 10.8. The van der Waals surface area contributed by atoms with Crippen LogP contribution in [-0.4, -0.2) is 5.78 Å². The molecule has 0 spiro atoms. The third kappa shape index (κ3) is 6.17. The van der Waals surface area contributed by atoms with Crippen molar-refractivity contribution in [2.75, 3.05) is 0 Å². The summed E-state index contributed by atoms with van der Waals surface area (Å²) in [4.78, 5) is 10.8. The van der Waals surface area contributed by atoms with Crippen LogP contribution in [-0.2, 0) is 21.9 Å². The van der Waals surface area contributed by atoms with Crippen molar-refractivity contribution < 1.29 is 21.9 Å². The van der Waals surface area contributed by atoms with E-state index < -0.39 is 0 Å². The molecule has 0 aromatic heterocycles. The van der Waals surface area contributed by atoms with Crippen LogP contribution < -0.4 is 0 Å². The summed E-state index contributed by atoms with van der Waals surface area (Å²) in [5.74, 6) is 0.699. The number of ketones is 1. The molecule has 76 valence electrons. The van der Waals surface area contributed by atoms with Crippen molar-refractivity contribution in [2.45, 2.75) is 0 Å². The maximum Gasteiger partial charge on any atom is 2.00 e. The van der Waals surface area contributed by atoms with Crippen molar-refractivity contribution in [3.8, 4) is 0 Å². The van der Waals surface area contributed by atoms with Crippen LogP contribution in [0.3, 0.4) is 0 Å². The number of carbonyl (C=O) groups excluding carboxylic acids is 1. The molecule has 2 fully saturated rings. The predicted octanol–water partition coefficient (Wildman–Crippen LogP) is 2.17. The van der Waals surface area contributed by atoms with Gasteiger partial charge in [0.05, 0.1) is 5.92 Å². The average molecular weight is 240 g/mol. The SMILES string of the molecule is C=CC(=O)[C]1[CH][CH][CH][CH]1.[CH]1[CH][CH][CH][CH]1.[Fe+2]. The minimum absolute atomic E-state index is 0. The second-order valence-electron chi connectivity index (χ2n) is 2.70. The van der Waals surface area contributed by atoms with Crippen molar-refractivity contribution in [1.82, 2.24) is 0 Å². The minimum atomic E-state index is -0.0139. The van der Waals surface area contributed by atoms with Crippen LogP contribution in [0.4, 0.5) is 0 Å². The molecule has 0 saturated heterocycles. The van der Waals surface area contributed by atoms with E-state index in [4.69, 9.17) is 0 Å². The molecule has 2 aliphatic carbocycles. The van der Waals surface area contributed by atoms with Crippen LogP contribution in [0.1, 0.15) is 0 Å². The Morgan fingerprint density at radius 1 is 0.933 bits per heavy atom. The fraction of sp³-hybridized carbons (Fsp3) is 0. The van der Waals surface area contributed by atoms with Gasteiger partial charge in [0.15, 0.2) is 5.78 Å². The predicted molar refractivity (Wildman–Crippen MR) is 57.1 cm³/mol. The Morgan fingerprint density at radius 2 is 1.33 bits per heavy atom. The Balaban J connectivity index is 0.000000280. The van der Waals surface area contributed by atoms with E-state index in [2.05, 4.69) is 6.58 Å². The van der Waals surface area contributed by atoms with Crippen molar-refractivity contribution in [1.29, 1.82) is 0 Å². The van der Waals surface area contributed by atoms with Gasteiger partial charge in [-0.2, -0.15) is 0 Å². The zero-order chi connectivity index (χ0) is 10.2. The molecule has 0 N–H and O–H groups in total. The Hall–Kier alpha value is -0.0705. The number of carbonyl (C=O) groups is 1. The molecule has 2 rings (SSSR count). The topological polar surface area (TPSA) is 17.1 Å². The van der Waals surface area contributed by atoms with E-state index in [-0.39, 0.29) is 22.9 Å². The van der Waals surface area contributed by atoms with Gasteiger partial charge in [-0.15, -0.1) is 0 Å². The summed E-state index contributed by atoms with van der Waals surface area (Å²) in [6.45, 7) is 3.37. The van der Waals surface area contributed by atoms with Crippen molar-refractivity contribution in [3.63, 3.8) is 0 Å². The van der Waals surface area contributed by atoms with E-state index in [1.54, 1.807) is 12.8 Å². The molecule has 0 bridgehead atoms. The van der Waals surface area contributed by atoms with Gasteiger partial charge >= 0.3 is 17.1 Å². The van der Waals surface area contributed by atoms with Crippen LogP contribution in [0, 0.1) is 63.7 Å². The van der Waals surface area contributed by atoms with E-state index in [1.807, 2.05) is 44.9 Å². The third-order valence-electron chi connectivity index (χ3n) is 1.69. The van der Waals surface area contributed by atoms with Gasteiger partial charge < -0.3 is 0 Å². The Labute approximate surface area is 104 Å². The summed E-state index contributed by atoms with van der Waals surface area (Å²) in [5, 5.41) is 0. The summed E-state index contributed by atoms with van der Waals surface area (Å²) < 4.78 is 0. The molecular formula is C13H12FeO+2. The fourth-order valence-corrected chi connectivity index (χ4v) is 0.977. The minimum Gasteiger partial charge on any atom is -0.294 e. The first-order valence-corrected chi connectivity index (χ1v) is 4.40. The fourth-order valence-electron chi connectivity index (χ4n) is 0.977. The van der Waals surface area contributed by atoms with Gasteiger partial charge in [-0.05, 0) is 63.9 Å². The number of hydrogen-bond acceptors (Lipinski definition) is 1. The van der Waals surface area contributed by atoms with E-state index in [1.165, 1.54) is 6.08 Å². The van der Waals surface area contributed by atoms with E-state index in [0.29, 0.717) is 5.92 Å². The first-order valence-electron chi connectivity index (χ1n) is 4.40. The summed E-state index contributed by atoms with van der Waals surface area (Å²) in [6, 6.07) is 0. The molecule has 2 saturated carbocycles. The molecule has 2 aliphatic rings. The quantitative estimate of drug-likeness (QED) is 0.534. The smallest absolute Gasteiger partial charge is 0.294 e. The normalized spacial score (nSPS) is 20.0. The molecule has 1 nitrogen and oxygen atoms in total. The molecule has 15 heavy (non-hydrogen) atoms. The molecule has 0 aromatic carbocycles. The van der Waals surface area contributed by atoms with Crippen molar-refractivity contribution in [2.24, 2.45) is 0 Å². The Kier molecular flexibility index (Phi) is 9.13. The van der Waals surface area contributed by atoms with Gasteiger partial charge in [0, 0.05) is 0 Å². The molecule has 2 heteroatoms. The first-order chi connectivity index (χ1) is 6.84. The zero-order valence-corrected chi connectivity index (χ0v) is 9.35. The van der Waals surface area contributed by atoms with Crippen LogP contribution in [0.5, 0.6) is 0 Å². The van der Waals surface area contributed by atoms with Gasteiger partial charge in [-0.3, -0.25) is 4.79 Å².